The number of fused-ring (bicyclic) bond motifs is 1. The summed E-state index contributed by atoms with van der Waals surface area (Å²) < 4.78 is 5.80. The van der Waals surface area contributed by atoms with Crippen molar-refractivity contribution in [3.05, 3.63) is 23.2 Å². The molecule has 14 heavy (non-hydrogen) atoms. The van der Waals surface area contributed by atoms with Crippen LogP contribution in [0.4, 0.5) is 0 Å². The van der Waals surface area contributed by atoms with E-state index in [0.29, 0.717) is 5.92 Å². The van der Waals surface area contributed by atoms with E-state index in [2.05, 4.69) is 18.3 Å². The molecule has 1 aliphatic carbocycles. The Morgan fingerprint density at radius 2 is 2.36 bits per heavy atom. The molecule has 1 aromatic heterocycles. The lowest BCUT2D eigenvalue weighted by Crippen LogP contribution is -2.26. The van der Waals surface area contributed by atoms with Gasteiger partial charge in [0.1, 0.15) is 11.5 Å². The molecular formula is C12H19NO. The van der Waals surface area contributed by atoms with Gasteiger partial charge in [0.05, 0.1) is 0 Å². The molecule has 2 rings (SSSR count). The van der Waals surface area contributed by atoms with Gasteiger partial charge >= 0.3 is 0 Å². The summed E-state index contributed by atoms with van der Waals surface area (Å²) in [4.78, 5) is 0. The van der Waals surface area contributed by atoms with E-state index in [4.69, 9.17) is 4.42 Å². The van der Waals surface area contributed by atoms with Crippen LogP contribution in [0.25, 0.3) is 0 Å². The van der Waals surface area contributed by atoms with Gasteiger partial charge in [0.2, 0.25) is 0 Å². The minimum atomic E-state index is 0.567. The van der Waals surface area contributed by atoms with E-state index in [-0.39, 0.29) is 0 Å². The minimum absolute atomic E-state index is 0.567. The molecule has 78 valence electrons. The maximum absolute atomic E-state index is 5.80. The second-order valence-electron chi connectivity index (χ2n) is 4.43. The van der Waals surface area contributed by atoms with Gasteiger partial charge in [-0.05, 0) is 44.4 Å². The van der Waals surface area contributed by atoms with E-state index < -0.39 is 0 Å². The molecule has 0 amide bonds. The highest BCUT2D eigenvalue weighted by molar-refractivity contribution is 5.27. The van der Waals surface area contributed by atoms with Crippen molar-refractivity contribution in [2.45, 2.75) is 32.6 Å². The second kappa shape index (κ2) is 3.77. The van der Waals surface area contributed by atoms with Gasteiger partial charge in [0, 0.05) is 12.5 Å². The van der Waals surface area contributed by atoms with Crippen LogP contribution in [0.2, 0.25) is 0 Å². The van der Waals surface area contributed by atoms with E-state index in [1.165, 1.54) is 24.2 Å². The molecule has 0 saturated heterocycles. The molecule has 1 heterocycles. The summed E-state index contributed by atoms with van der Waals surface area (Å²) in [5, 5.41) is 3.26. The highest BCUT2D eigenvalue weighted by Crippen LogP contribution is 2.37. The Hall–Kier alpha value is -0.760. The van der Waals surface area contributed by atoms with E-state index in [1.54, 1.807) is 0 Å². The highest BCUT2D eigenvalue weighted by atomic mass is 16.3. The van der Waals surface area contributed by atoms with Crippen LogP contribution < -0.4 is 5.32 Å². The third-order valence-electron chi connectivity index (χ3n) is 3.28. The molecule has 2 nitrogen and oxygen atoms in total. The first kappa shape index (κ1) is 9.78. The van der Waals surface area contributed by atoms with Gasteiger partial charge in [-0.2, -0.15) is 0 Å². The van der Waals surface area contributed by atoms with Crippen molar-refractivity contribution in [3.63, 3.8) is 0 Å². The van der Waals surface area contributed by atoms with E-state index in [9.17, 15) is 0 Å². The zero-order valence-corrected chi connectivity index (χ0v) is 9.26. The van der Waals surface area contributed by atoms with Crippen LogP contribution in [0, 0.1) is 12.8 Å². The van der Waals surface area contributed by atoms with Crippen molar-refractivity contribution in [3.8, 4) is 0 Å². The van der Waals surface area contributed by atoms with Crippen LogP contribution in [-0.4, -0.2) is 13.6 Å². The summed E-state index contributed by atoms with van der Waals surface area (Å²) in [6.45, 7) is 5.39. The molecule has 0 saturated carbocycles. The fourth-order valence-electron chi connectivity index (χ4n) is 2.45. The SMILES string of the molecule is CNCC1c2oc(C)cc2CCC1C. The number of hydrogen-bond donors (Lipinski definition) is 1. The van der Waals surface area contributed by atoms with E-state index in [1.807, 2.05) is 14.0 Å². The Balaban J connectivity index is 2.30. The number of aryl methyl sites for hydroxylation is 2. The lowest BCUT2D eigenvalue weighted by atomic mass is 9.80. The molecule has 0 spiro atoms. The fraction of sp³-hybridized carbons (Fsp3) is 0.667. The van der Waals surface area contributed by atoms with Gasteiger partial charge in [-0.3, -0.25) is 0 Å². The predicted molar refractivity (Wildman–Crippen MR) is 57.6 cm³/mol. The molecule has 1 aliphatic rings. The van der Waals surface area contributed by atoms with Crippen LogP contribution in [0.3, 0.4) is 0 Å². The molecule has 0 radical (unpaired) electrons. The third kappa shape index (κ3) is 1.59. The summed E-state index contributed by atoms with van der Waals surface area (Å²) in [7, 11) is 2.01. The number of hydrogen-bond acceptors (Lipinski definition) is 2. The zero-order valence-electron chi connectivity index (χ0n) is 9.26. The van der Waals surface area contributed by atoms with Crippen LogP contribution >= 0.6 is 0 Å². The number of furan rings is 1. The Morgan fingerprint density at radius 1 is 1.57 bits per heavy atom. The van der Waals surface area contributed by atoms with Crippen LogP contribution in [0.15, 0.2) is 10.5 Å². The molecule has 2 atom stereocenters. The molecule has 2 heteroatoms. The van der Waals surface area contributed by atoms with Gasteiger partial charge in [0.15, 0.2) is 0 Å². The summed E-state index contributed by atoms with van der Waals surface area (Å²) in [6.07, 6.45) is 2.48. The molecular weight excluding hydrogens is 174 g/mol. The van der Waals surface area contributed by atoms with Gasteiger partial charge in [0.25, 0.3) is 0 Å². The van der Waals surface area contributed by atoms with Crippen molar-refractivity contribution in [1.29, 1.82) is 0 Å². The topological polar surface area (TPSA) is 25.2 Å². The summed E-state index contributed by atoms with van der Waals surface area (Å²) in [5.41, 5.74) is 1.43. The quantitative estimate of drug-likeness (QED) is 0.780. The molecule has 0 aliphatic heterocycles. The third-order valence-corrected chi connectivity index (χ3v) is 3.28. The lowest BCUT2D eigenvalue weighted by molar-refractivity contribution is 0.324. The summed E-state index contributed by atoms with van der Waals surface area (Å²) in [5.74, 6) is 3.60. The second-order valence-corrected chi connectivity index (χ2v) is 4.43. The predicted octanol–water partition coefficient (Wildman–Crippen LogP) is 2.47. The number of rotatable bonds is 2. The maximum Gasteiger partial charge on any atom is 0.111 e. The number of likely N-dealkylation sites (N-methyl/N-ethyl adjacent to an activating group) is 1. The monoisotopic (exact) mass is 193 g/mol. The maximum atomic E-state index is 5.80. The van der Waals surface area contributed by atoms with Crippen LogP contribution in [0.5, 0.6) is 0 Å². The van der Waals surface area contributed by atoms with Gasteiger partial charge in [-0.25, -0.2) is 0 Å². The summed E-state index contributed by atoms with van der Waals surface area (Å²) in [6, 6.07) is 2.20. The molecule has 0 aromatic carbocycles. The number of nitrogens with one attached hydrogen (secondary N) is 1. The highest BCUT2D eigenvalue weighted by Gasteiger charge is 2.29. The molecule has 0 fully saturated rings. The summed E-state index contributed by atoms with van der Waals surface area (Å²) >= 11 is 0. The van der Waals surface area contributed by atoms with E-state index in [0.717, 1.165) is 18.2 Å². The molecule has 1 N–H and O–H groups in total. The first-order valence-corrected chi connectivity index (χ1v) is 5.46. The van der Waals surface area contributed by atoms with Crippen LogP contribution in [-0.2, 0) is 6.42 Å². The Labute approximate surface area is 85.7 Å². The molecule has 0 bridgehead atoms. The van der Waals surface area contributed by atoms with Crippen molar-refractivity contribution >= 4 is 0 Å². The van der Waals surface area contributed by atoms with Crippen LogP contribution in [0.1, 0.15) is 36.3 Å². The first-order valence-electron chi connectivity index (χ1n) is 5.46. The molecule has 1 aromatic rings. The zero-order chi connectivity index (χ0) is 10.1. The average molecular weight is 193 g/mol. The minimum Gasteiger partial charge on any atom is -0.466 e. The van der Waals surface area contributed by atoms with Crippen molar-refractivity contribution < 1.29 is 4.42 Å². The van der Waals surface area contributed by atoms with Gasteiger partial charge in [-0.15, -0.1) is 0 Å². The lowest BCUT2D eigenvalue weighted by Gasteiger charge is -2.27. The average Bonchev–Trinajstić information content (AvgIpc) is 2.51. The molecule has 2 unspecified atom stereocenters. The first-order chi connectivity index (χ1) is 6.72. The standard InChI is InChI=1S/C12H19NO/c1-8-4-5-10-6-9(2)14-12(10)11(8)7-13-3/h6,8,11,13H,4-5,7H2,1-3H3. The Morgan fingerprint density at radius 3 is 3.07 bits per heavy atom. The van der Waals surface area contributed by atoms with Crippen molar-refractivity contribution in [2.24, 2.45) is 5.92 Å². The van der Waals surface area contributed by atoms with Gasteiger partial charge < -0.3 is 9.73 Å². The fourth-order valence-corrected chi connectivity index (χ4v) is 2.45. The normalized spacial score (nSPS) is 26.2. The smallest absolute Gasteiger partial charge is 0.111 e. The Bertz CT molecular complexity index is 316. The largest absolute Gasteiger partial charge is 0.466 e. The van der Waals surface area contributed by atoms with E-state index >= 15 is 0 Å². The van der Waals surface area contributed by atoms with Gasteiger partial charge in [-0.1, -0.05) is 6.92 Å². The Kier molecular flexibility index (Phi) is 2.64. The van der Waals surface area contributed by atoms with Crippen molar-refractivity contribution in [2.75, 3.05) is 13.6 Å². The van der Waals surface area contributed by atoms with Crippen molar-refractivity contribution in [1.82, 2.24) is 5.32 Å².